The van der Waals surface area contributed by atoms with Crippen LogP contribution in [0.3, 0.4) is 0 Å². The van der Waals surface area contributed by atoms with Crippen LogP contribution in [-0.2, 0) is 125 Å². The van der Waals surface area contributed by atoms with Gasteiger partial charge in [0.15, 0.2) is 0 Å². The van der Waals surface area contributed by atoms with Gasteiger partial charge in [-0.25, -0.2) is 9.78 Å². The fourth-order valence-electron chi connectivity index (χ4n) is 14.1. The number of aromatic amines is 2. The van der Waals surface area contributed by atoms with E-state index in [4.69, 9.17) is 22.9 Å². The highest BCUT2D eigenvalue weighted by molar-refractivity contribution is 6.02. The summed E-state index contributed by atoms with van der Waals surface area (Å²) >= 11 is 0. The van der Waals surface area contributed by atoms with Gasteiger partial charge in [0.2, 0.25) is 88.6 Å². The number of phenolic OH excluding ortho intramolecular Hbond substituents is 1. The average molecular weight is 1850 g/mol. The number of rotatable bonds is 56. The molecule has 0 aliphatic carbocycles. The van der Waals surface area contributed by atoms with Crippen molar-refractivity contribution in [1.82, 2.24) is 84.1 Å². The number of nitrogens with one attached hydrogen (secondary N) is 15. The Kier molecular flexibility index (Phi) is 41.5. The number of carbonyl (C=O) groups is 18. The number of nitrogens with two attached hydrogens (primary N) is 4. The van der Waals surface area contributed by atoms with E-state index in [1.165, 1.54) is 70.7 Å². The van der Waals surface area contributed by atoms with Gasteiger partial charge in [-0.05, 0) is 103 Å². The molecule has 0 unspecified atom stereocenters. The minimum absolute atomic E-state index is 0.0312. The van der Waals surface area contributed by atoms with Crippen LogP contribution >= 0.6 is 0 Å². The molecule has 0 spiro atoms. The Morgan fingerprint density at radius 2 is 0.752 bits per heavy atom. The fraction of sp³-hybridized carbons (Fsp3) is 0.411. The van der Waals surface area contributed by atoms with Gasteiger partial charge in [-0.2, -0.15) is 0 Å². The van der Waals surface area contributed by atoms with Gasteiger partial charge in [-0.1, -0.05) is 149 Å². The minimum atomic E-state index is -2.15. The van der Waals surface area contributed by atoms with Crippen LogP contribution in [0.25, 0.3) is 10.9 Å². The second-order valence-corrected chi connectivity index (χ2v) is 32.5. The Morgan fingerprint density at radius 1 is 0.368 bits per heavy atom. The van der Waals surface area contributed by atoms with Crippen molar-refractivity contribution in [2.75, 3.05) is 13.2 Å². The minimum Gasteiger partial charge on any atom is -0.508 e. The van der Waals surface area contributed by atoms with E-state index >= 15 is 24.0 Å². The molecule has 133 heavy (non-hydrogen) atoms. The number of aliphatic carboxylic acids is 3. The molecule has 0 saturated carbocycles. The van der Waals surface area contributed by atoms with Gasteiger partial charge in [-0.15, -0.1) is 0 Å². The van der Waals surface area contributed by atoms with E-state index < -0.39 is 267 Å². The van der Waals surface area contributed by atoms with Crippen molar-refractivity contribution in [3.05, 3.63) is 192 Å². The van der Waals surface area contributed by atoms with E-state index in [1.54, 1.807) is 115 Å². The molecule has 43 heteroatoms. The van der Waals surface area contributed by atoms with Gasteiger partial charge in [0.25, 0.3) is 0 Å². The lowest BCUT2D eigenvalue weighted by atomic mass is 9.98. The lowest BCUT2D eigenvalue weighted by Gasteiger charge is -2.30. The Labute approximate surface area is 763 Å². The smallest absolute Gasteiger partial charge is 0.326 e. The maximum Gasteiger partial charge on any atom is 0.326 e. The number of aliphatic hydroxyl groups excluding tert-OH is 1. The highest BCUT2D eigenvalue weighted by Gasteiger charge is 2.41. The fourth-order valence-corrected chi connectivity index (χ4v) is 14.1. The molecular formula is C90H116N20O23. The summed E-state index contributed by atoms with van der Waals surface area (Å²) in [6.45, 7) is 5.27. The number of hydrogen-bond donors (Lipinski definition) is 24. The number of imidazole rings is 1. The van der Waals surface area contributed by atoms with Crippen LogP contribution in [0.4, 0.5) is 0 Å². The first kappa shape index (κ1) is 105. The van der Waals surface area contributed by atoms with Crippen molar-refractivity contribution >= 4 is 117 Å². The van der Waals surface area contributed by atoms with Gasteiger partial charge in [0.05, 0.1) is 31.8 Å². The van der Waals surface area contributed by atoms with Crippen LogP contribution in [0.2, 0.25) is 0 Å². The van der Waals surface area contributed by atoms with Crippen molar-refractivity contribution in [3.8, 4) is 5.75 Å². The summed E-state index contributed by atoms with van der Waals surface area (Å²) in [5, 5.41) is 83.4. The zero-order chi connectivity index (χ0) is 97.5. The third-order valence-corrected chi connectivity index (χ3v) is 21.3. The number of primary amides is 2. The number of fused-ring (bicyclic) bond motifs is 1. The molecule has 7 rings (SSSR count). The monoisotopic (exact) mass is 1840 g/mol. The molecule has 14 atom stereocenters. The van der Waals surface area contributed by atoms with Crippen LogP contribution in [0.1, 0.15) is 119 Å². The first-order valence-electron chi connectivity index (χ1n) is 43.0. The van der Waals surface area contributed by atoms with E-state index in [0.29, 0.717) is 51.7 Å². The van der Waals surface area contributed by atoms with Gasteiger partial charge in [0, 0.05) is 73.9 Å². The molecule has 28 N–H and O–H groups in total. The first-order valence-corrected chi connectivity index (χ1v) is 43.0. The second-order valence-electron chi connectivity index (χ2n) is 32.5. The number of H-pyrrole nitrogens is 2. The third kappa shape index (κ3) is 34.7. The summed E-state index contributed by atoms with van der Waals surface area (Å²) < 4.78 is 0. The number of carboxylic acids is 3. The largest absolute Gasteiger partial charge is 0.508 e. The number of aromatic nitrogens is 3. The Morgan fingerprint density at radius 3 is 1.20 bits per heavy atom. The summed E-state index contributed by atoms with van der Waals surface area (Å²) in [4.78, 5) is 262. The number of unbranched alkanes of at least 4 members (excludes halogenated alkanes) is 1. The molecular weight excluding hydrogens is 1730 g/mol. The summed E-state index contributed by atoms with van der Waals surface area (Å²) in [6.07, 6.45) is -1.67. The molecule has 0 aliphatic rings. The number of hydrogen-bond acceptors (Lipinski definition) is 23. The number of aromatic hydroxyl groups is 1. The van der Waals surface area contributed by atoms with E-state index in [9.17, 15) is 87.9 Å². The molecule has 43 nitrogen and oxygen atoms in total. The predicted octanol–water partition coefficient (Wildman–Crippen LogP) is -3.02. The predicted molar refractivity (Wildman–Crippen MR) is 478 cm³/mol. The van der Waals surface area contributed by atoms with Gasteiger partial charge < -0.3 is 128 Å². The van der Waals surface area contributed by atoms with Gasteiger partial charge >= 0.3 is 17.9 Å². The number of benzene rings is 5. The van der Waals surface area contributed by atoms with Crippen LogP contribution in [0.15, 0.2) is 158 Å². The molecule has 2 aromatic heterocycles. The number of amides is 15. The summed E-state index contributed by atoms with van der Waals surface area (Å²) in [6, 6.07) is 12.8. The van der Waals surface area contributed by atoms with Crippen molar-refractivity contribution in [1.29, 1.82) is 0 Å². The third-order valence-electron chi connectivity index (χ3n) is 21.3. The normalized spacial score (nSPS) is 14.3. The Bertz CT molecular complexity index is 5160. The van der Waals surface area contributed by atoms with Crippen molar-refractivity contribution < 1.29 is 112 Å². The maximum absolute atomic E-state index is 15.4. The number of para-hydroxylation sites is 1. The molecule has 5 aromatic carbocycles. The molecule has 0 aliphatic heterocycles. The summed E-state index contributed by atoms with van der Waals surface area (Å²) in [5.74, 6) is -23.0. The molecule has 0 radical (unpaired) electrons. The van der Waals surface area contributed by atoms with Gasteiger partial charge in [0.1, 0.15) is 84.3 Å². The van der Waals surface area contributed by atoms with E-state index in [1.807, 2.05) is 0 Å². The highest BCUT2D eigenvalue weighted by Crippen LogP contribution is 2.22. The summed E-state index contributed by atoms with van der Waals surface area (Å²) in [5.41, 5.74) is 25.9. The van der Waals surface area contributed by atoms with E-state index in [0.717, 1.165) is 0 Å². The Hall–Kier alpha value is -15.0. The maximum atomic E-state index is 15.4. The van der Waals surface area contributed by atoms with Crippen molar-refractivity contribution in [3.63, 3.8) is 0 Å². The molecule has 0 fully saturated rings. The van der Waals surface area contributed by atoms with Crippen molar-refractivity contribution in [2.45, 2.75) is 209 Å². The quantitative estimate of drug-likeness (QED) is 0.0169. The average Bonchev–Trinajstić information content (AvgIpc) is 1.79. The SMILES string of the molecule is CC(C)[C@H](NC(=O)[C@H](CCC(N)=O)NC(=O)[C@@H](NC(=O)[C@H](Cc1ccccc1)NC(=O)[C@H](Cc1c[nH]c2ccccc12)NC(=O)[C@H](CC(=O)O)NC(=O)[C@H](Cc1ccc(O)cc1)NC(=O)[C@H](Cc1ccccc1)NC(=O)[C@H](CC(N)=O)NC(=O)[C@H](CCC(=O)O)NC(=O)[C@H](Cc1cnc[nH]1)NC(=O)[C@@H](N)Cc1ccccc1)C(C)C)C(=O)N[C@@H](CO)C(=O)N[C@@H](CCCCN)C(=O)O. The second kappa shape index (κ2) is 52.6. The zero-order valence-electron chi connectivity index (χ0n) is 73.6. The lowest BCUT2D eigenvalue weighted by Crippen LogP contribution is -2.62. The van der Waals surface area contributed by atoms with Crippen molar-refractivity contribution in [2.24, 2.45) is 34.8 Å². The number of nitrogens with zero attached hydrogens (tertiary/aromatic N) is 1. The molecule has 2 heterocycles. The van der Waals surface area contributed by atoms with Crippen LogP contribution in [0, 0.1) is 11.8 Å². The standard InChI is InChI=1S/C90H116N20O23/c1-48(2)75(88(130)99-60(31-33-71(93)113)79(121)109-76(49(3)4)89(131)108-70(46-111)87(129)100-62(90(132)133)26-16-17-35-91)110-86(128)65(38-52-22-12-7-13-23-52)104-82(124)66(40-54-44-96-59-25-15-14-24-57(54)59)105-85(127)69(43-74(117)118)107-81(123)64(39-53-27-29-56(112)30-28-53)102-80(122)63(37-51-20-10-6-11-21-51)103-84(126)68(42-72(94)114)106-78(120)61(32-34-73(115)116)98-83(125)67(41-55-45-95-47-97-55)101-77(119)58(92)36-50-18-8-5-9-19-50/h5-15,18-25,27-30,44-45,47-49,58,60-70,75-76,96,111-112H,16-17,26,31-43,46,91-92H2,1-4H3,(H2,93,113)(H2,94,114)(H,95,97)(H,98,125)(H,99,130)(H,100,129)(H,101,119)(H,102,122)(H,103,126)(H,104,124)(H,105,127)(H,106,120)(H,107,123)(H,108,131)(H,109,121)(H,110,128)(H,115,116)(H,117,118)(H,132,133)/t58-,60-,61-,62-,63-,64-,65-,66-,67-,68-,69-,70-,75-,76-/m0/s1. The molecule has 714 valence electrons. The zero-order valence-corrected chi connectivity index (χ0v) is 73.6. The molecule has 15 amide bonds. The molecule has 7 aromatic rings. The highest BCUT2D eigenvalue weighted by atomic mass is 16.4. The number of phenols is 1. The van der Waals surface area contributed by atoms with Gasteiger partial charge in [-0.3, -0.25) is 81.5 Å². The number of carboxylic acid groups (broad SMARTS) is 3. The molecule has 0 saturated heterocycles. The number of carbonyl (C=O) groups excluding carboxylic acids is 15. The molecule has 0 bridgehead atoms. The van der Waals surface area contributed by atoms with E-state index in [-0.39, 0.29) is 43.5 Å². The number of aliphatic hydroxyl groups is 1. The van der Waals surface area contributed by atoms with Crippen LogP contribution in [0.5, 0.6) is 5.75 Å². The van der Waals surface area contributed by atoms with Crippen LogP contribution < -0.4 is 92.1 Å². The Balaban J connectivity index is 1.16. The topological polar surface area (TPSA) is 713 Å². The lowest BCUT2D eigenvalue weighted by molar-refractivity contribution is -0.143. The van der Waals surface area contributed by atoms with E-state index in [2.05, 4.69) is 84.1 Å². The van der Waals surface area contributed by atoms with Crippen LogP contribution in [-0.4, -0.2) is 245 Å². The first-order chi connectivity index (χ1) is 63.3. The summed E-state index contributed by atoms with van der Waals surface area (Å²) in [7, 11) is 0.